The number of anilines is 1. The first-order valence-corrected chi connectivity index (χ1v) is 6.82. The lowest BCUT2D eigenvalue weighted by atomic mass is 10.1. The smallest absolute Gasteiger partial charge is 0.257 e. The number of aliphatic hydroxyl groups excluding tert-OH is 1. The molecule has 0 saturated heterocycles. The highest BCUT2D eigenvalue weighted by molar-refractivity contribution is 6.44. The molecular formula is C15H13Cl2NO2. The lowest BCUT2D eigenvalue weighted by molar-refractivity contribution is 0.102. The number of carbonyl (C=O) groups excluding carboxylic acids is 1. The molecule has 0 fully saturated rings. The van der Waals surface area contributed by atoms with Crippen molar-refractivity contribution in [2.75, 3.05) is 11.9 Å². The fourth-order valence-corrected chi connectivity index (χ4v) is 2.15. The van der Waals surface area contributed by atoms with Gasteiger partial charge in [0.05, 0.1) is 15.6 Å². The van der Waals surface area contributed by atoms with Crippen LogP contribution in [0.15, 0.2) is 42.5 Å². The second-order valence-corrected chi connectivity index (χ2v) is 5.01. The Balaban J connectivity index is 2.13. The molecule has 0 aromatic heterocycles. The van der Waals surface area contributed by atoms with Gasteiger partial charge in [0.25, 0.3) is 5.91 Å². The predicted molar refractivity (Wildman–Crippen MR) is 81.6 cm³/mol. The highest BCUT2D eigenvalue weighted by Gasteiger charge is 2.12. The van der Waals surface area contributed by atoms with Crippen LogP contribution in [0.2, 0.25) is 10.0 Å². The van der Waals surface area contributed by atoms with Crippen molar-refractivity contribution >= 4 is 34.8 Å². The number of rotatable bonds is 4. The molecule has 0 aliphatic carbocycles. The topological polar surface area (TPSA) is 49.3 Å². The number of carbonyl (C=O) groups is 1. The minimum atomic E-state index is -0.313. The zero-order valence-electron chi connectivity index (χ0n) is 10.6. The second-order valence-electron chi connectivity index (χ2n) is 4.23. The average molecular weight is 310 g/mol. The molecule has 0 bridgehead atoms. The Hall–Kier alpha value is -1.55. The summed E-state index contributed by atoms with van der Waals surface area (Å²) in [5.41, 5.74) is 2.00. The van der Waals surface area contributed by atoms with Gasteiger partial charge in [-0.2, -0.15) is 0 Å². The number of halogens is 2. The van der Waals surface area contributed by atoms with Crippen LogP contribution in [0.5, 0.6) is 0 Å². The lowest BCUT2D eigenvalue weighted by Crippen LogP contribution is -2.12. The molecular weight excluding hydrogens is 297 g/mol. The van der Waals surface area contributed by atoms with E-state index in [1.165, 1.54) is 0 Å². The quantitative estimate of drug-likeness (QED) is 0.903. The van der Waals surface area contributed by atoms with Crippen LogP contribution < -0.4 is 5.32 Å². The summed E-state index contributed by atoms with van der Waals surface area (Å²) in [6.07, 6.45) is 0.592. The standard InChI is InChI=1S/C15H13Cl2NO2/c16-13-3-1-2-12(14(13)17)15(20)18-11-6-4-10(5-7-11)8-9-19/h1-7,19H,8-9H2,(H,18,20). The summed E-state index contributed by atoms with van der Waals surface area (Å²) >= 11 is 11.9. The maximum Gasteiger partial charge on any atom is 0.257 e. The van der Waals surface area contributed by atoms with E-state index in [2.05, 4.69) is 5.32 Å². The van der Waals surface area contributed by atoms with Crippen LogP contribution in [-0.2, 0) is 6.42 Å². The zero-order chi connectivity index (χ0) is 14.5. The molecule has 0 spiro atoms. The van der Waals surface area contributed by atoms with Crippen LogP contribution in [0.4, 0.5) is 5.69 Å². The Morgan fingerprint density at radius 2 is 1.80 bits per heavy atom. The van der Waals surface area contributed by atoms with Gasteiger partial charge in [-0.3, -0.25) is 4.79 Å². The third-order valence-corrected chi connectivity index (χ3v) is 3.63. The van der Waals surface area contributed by atoms with Gasteiger partial charge < -0.3 is 10.4 Å². The SMILES string of the molecule is O=C(Nc1ccc(CCO)cc1)c1cccc(Cl)c1Cl. The van der Waals surface area contributed by atoms with Gasteiger partial charge in [0.15, 0.2) is 0 Å². The van der Waals surface area contributed by atoms with E-state index in [0.29, 0.717) is 22.7 Å². The Bertz CT molecular complexity index is 612. The minimum Gasteiger partial charge on any atom is -0.396 e. The molecule has 0 saturated carbocycles. The molecule has 2 aromatic rings. The molecule has 0 unspecified atom stereocenters. The molecule has 0 aliphatic heterocycles. The van der Waals surface area contributed by atoms with Gasteiger partial charge in [0.1, 0.15) is 0 Å². The molecule has 5 heteroatoms. The Morgan fingerprint density at radius 1 is 1.10 bits per heavy atom. The summed E-state index contributed by atoms with van der Waals surface area (Å²) in [4.78, 5) is 12.1. The van der Waals surface area contributed by atoms with Crippen LogP contribution in [0.3, 0.4) is 0 Å². The minimum absolute atomic E-state index is 0.101. The first-order valence-electron chi connectivity index (χ1n) is 6.07. The second kappa shape index (κ2) is 6.75. The molecule has 0 radical (unpaired) electrons. The molecule has 104 valence electrons. The van der Waals surface area contributed by atoms with Gasteiger partial charge in [0, 0.05) is 12.3 Å². The predicted octanol–water partition coefficient (Wildman–Crippen LogP) is 3.78. The van der Waals surface area contributed by atoms with Crippen LogP contribution in [0.25, 0.3) is 0 Å². The number of amides is 1. The number of aliphatic hydroxyl groups is 1. The van der Waals surface area contributed by atoms with E-state index in [1.54, 1.807) is 30.3 Å². The number of nitrogens with one attached hydrogen (secondary N) is 1. The molecule has 20 heavy (non-hydrogen) atoms. The summed E-state index contributed by atoms with van der Waals surface area (Å²) < 4.78 is 0. The molecule has 0 aliphatic rings. The van der Waals surface area contributed by atoms with Crippen LogP contribution in [0.1, 0.15) is 15.9 Å². The van der Waals surface area contributed by atoms with Crippen molar-refractivity contribution in [2.45, 2.75) is 6.42 Å². The van der Waals surface area contributed by atoms with Crippen molar-refractivity contribution in [3.05, 3.63) is 63.6 Å². The van der Waals surface area contributed by atoms with Gasteiger partial charge in [-0.1, -0.05) is 41.4 Å². The van der Waals surface area contributed by atoms with Crippen molar-refractivity contribution in [3.8, 4) is 0 Å². The van der Waals surface area contributed by atoms with Crippen LogP contribution >= 0.6 is 23.2 Å². The molecule has 3 nitrogen and oxygen atoms in total. The number of benzene rings is 2. The summed E-state index contributed by atoms with van der Waals surface area (Å²) in [6, 6.07) is 12.2. The van der Waals surface area contributed by atoms with Gasteiger partial charge in [-0.05, 0) is 36.2 Å². The van der Waals surface area contributed by atoms with E-state index < -0.39 is 0 Å². The fraction of sp³-hybridized carbons (Fsp3) is 0.133. The summed E-state index contributed by atoms with van der Waals surface area (Å²) in [7, 11) is 0. The van der Waals surface area contributed by atoms with Gasteiger partial charge in [-0.15, -0.1) is 0 Å². The molecule has 2 aromatic carbocycles. The Kier molecular flexibility index (Phi) is 5.01. The third-order valence-electron chi connectivity index (χ3n) is 2.81. The van der Waals surface area contributed by atoms with Crippen LogP contribution in [0, 0.1) is 0 Å². The van der Waals surface area contributed by atoms with Gasteiger partial charge in [0.2, 0.25) is 0 Å². The third kappa shape index (κ3) is 3.51. The normalized spacial score (nSPS) is 10.3. The fourth-order valence-electron chi connectivity index (χ4n) is 1.76. The maximum atomic E-state index is 12.1. The summed E-state index contributed by atoms with van der Waals surface area (Å²) in [6.45, 7) is 0.101. The zero-order valence-corrected chi connectivity index (χ0v) is 12.1. The van der Waals surface area contributed by atoms with Gasteiger partial charge in [-0.25, -0.2) is 0 Å². The highest BCUT2D eigenvalue weighted by atomic mass is 35.5. The summed E-state index contributed by atoms with van der Waals surface area (Å²) in [5, 5.41) is 12.2. The van der Waals surface area contributed by atoms with E-state index in [1.807, 2.05) is 12.1 Å². The first-order chi connectivity index (χ1) is 9.61. The van der Waals surface area contributed by atoms with E-state index in [9.17, 15) is 4.79 Å². The first kappa shape index (κ1) is 14.9. The van der Waals surface area contributed by atoms with E-state index in [0.717, 1.165) is 5.56 Å². The van der Waals surface area contributed by atoms with Gasteiger partial charge >= 0.3 is 0 Å². The van der Waals surface area contributed by atoms with Crippen LogP contribution in [-0.4, -0.2) is 17.6 Å². The lowest BCUT2D eigenvalue weighted by Gasteiger charge is -2.08. The average Bonchev–Trinajstić information content (AvgIpc) is 2.44. The van der Waals surface area contributed by atoms with Crippen molar-refractivity contribution in [1.82, 2.24) is 0 Å². The maximum absolute atomic E-state index is 12.1. The van der Waals surface area contributed by atoms with Crippen molar-refractivity contribution in [2.24, 2.45) is 0 Å². The van der Waals surface area contributed by atoms with E-state index in [4.69, 9.17) is 28.3 Å². The molecule has 0 heterocycles. The number of hydrogen-bond donors (Lipinski definition) is 2. The number of hydrogen-bond acceptors (Lipinski definition) is 2. The van der Waals surface area contributed by atoms with E-state index >= 15 is 0 Å². The monoisotopic (exact) mass is 309 g/mol. The largest absolute Gasteiger partial charge is 0.396 e. The molecule has 1 amide bonds. The molecule has 2 rings (SSSR count). The Labute approximate surface area is 127 Å². The molecule has 0 atom stereocenters. The summed E-state index contributed by atoms with van der Waals surface area (Å²) in [5.74, 6) is -0.313. The van der Waals surface area contributed by atoms with E-state index in [-0.39, 0.29) is 17.5 Å². The van der Waals surface area contributed by atoms with Crippen molar-refractivity contribution in [1.29, 1.82) is 0 Å². The highest BCUT2D eigenvalue weighted by Crippen LogP contribution is 2.26. The van der Waals surface area contributed by atoms with Crippen molar-refractivity contribution < 1.29 is 9.90 Å². The van der Waals surface area contributed by atoms with Crippen molar-refractivity contribution in [3.63, 3.8) is 0 Å². The molecule has 2 N–H and O–H groups in total. The Morgan fingerprint density at radius 3 is 2.45 bits per heavy atom.